The first-order valence-electron chi connectivity index (χ1n) is 8.05. The van der Waals surface area contributed by atoms with Gasteiger partial charge in [-0.15, -0.1) is 11.3 Å². The number of nitrogens with one attached hydrogen (secondary N) is 2. The van der Waals surface area contributed by atoms with Crippen molar-refractivity contribution in [2.75, 3.05) is 38.4 Å². The topological polar surface area (TPSA) is 94.0 Å². The number of methoxy groups -OCH3 is 1. The Balaban J connectivity index is 1.72. The Kier molecular flexibility index (Phi) is 6.42. The number of ether oxygens (including phenoxy) is 1. The molecule has 0 bridgehead atoms. The Hall–Kier alpha value is -2.17. The number of carbonyl (C=O) groups excluding carboxylic acids is 1. The molecule has 0 aromatic carbocycles. The summed E-state index contributed by atoms with van der Waals surface area (Å²) in [7, 11) is 1.66. The Morgan fingerprint density at radius 2 is 2.27 bits per heavy atom. The molecule has 0 aliphatic heterocycles. The fourth-order valence-corrected chi connectivity index (χ4v) is 3.37. The van der Waals surface area contributed by atoms with E-state index in [0.717, 1.165) is 16.9 Å². The fourth-order valence-electron chi connectivity index (χ4n) is 2.37. The number of aromatic nitrogens is 4. The van der Waals surface area contributed by atoms with Crippen LogP contribution in [0.4, 0.5) is 5.82 Å². The minimum absolute atomic E-state index is 0.0715. The van der Waals surface area contributed by atoms with Gasteiger partial charge in [-0.3, -0.25) is 4.79 Å². The van der Waals surface area contributed by atoms with Crippen LogP contribution in [0.3, 0.4) is 0 Å². The Labute approximate surface area is 159 Å². The molecule has 0 aliphatic carbocycles. The average molecular weight is 393 g/mol. The van der Waals surface area contributed by atoms with Gasteiger partial charge in [0.1, 0.15) is 5.82 Å². The van der Waals surface area contributed by atoms with Gasteiger partial charge in [0.05, 0.1) is 29.6 Å². The molecule has 26 heavy (non-hydrogen) atoms. The van der Waals surface area contributed by atoms with Gasteiger partial charge in [-0.2, -0.15) is 5.10 Å². The first-order chi connectivity index (χ1) is 12.7. The second-order valence-corrected chi connectivity index (χ2v) is 7.04. The minimum atomic E-state index is -0.0715. The second kappa shape index (κ2) is 8.97. The lowest BCUT2D eigenvalue weighted by molar-refractivity contribution is 0.0956. The van der Waals surface area contributed by atoms with Gasteiger partial charge in [0.2, 0.25) is 0 Å². The van der Waals surface area contributed by atoms with Gasteiger partial charge < -0.3 is 15.4 Å². The van der Waals surface area contributed by atoms with Crippen molar-refractivity contribution >= 4 is 45.9 Å². The van der Waals surface area contributed by atoms with Crippen LogP contribution in [-0.4, -0.2) is 58.7 Å². The highest BCUT2D eigenvalue weighted by Crippen LogP contribution is 2.23. The third-order valence-electron chi connectivity index (χ3n) is 3.61. The van der Waals surface area contributed by atoms with E-state index in [1.165, 1.54) is 23.1 Å². The highest BCUT2D eigenvalue weighted by molar-refractivity contribution is 7.98. The lowest BCUT2D eigenvalue weighted by atomic mass is 10.4. The molecule has 0 radical (unpaired) electrons. The standard InChI is InChI=1S/C16H20N6O2S2/c1-24-8-6-17-13-11-10-19-22(14(11)21-16(20-13)25-2)7-5-18-15(23)12-4-3-9-26-12/h3-4,9-10H,5-8H2,1-2H3,(H,18,23)(H,17,20,21). The molecule has 3 heterocycles. The summed E-state index contributed by atoms with van der Waals surface area (Å²) in [5, 5.41) is 14.0. The van der Waals surface area contributed by atoms with Crippen LogP contribution in [0.1, 0.15) is 9.67 Å². The molecule has 0 fully saturated rings. The van der Waals surface area contributed by atoms with E-state index in [2.05, 4.69) is 25.7 Å². The molecule has 0 aliphatic rings. The van der Waals surface area contributed by atoms with Crippen molar-refractivity contribution in [2.45, 2.75) is 11.7 Å². The number of rotatable bonds is 9. The first-order valence-corrected chi connectivity index (χ1v) is 10.2. The summed E-state index contributed by atoms with van der Waals surface area (Å²) < 4.78 is 6.86. The van der Waals surface area contributed by atoms with Gasteiger partial charge >= 0.3 is 0 Å². The zero-order chi connectivity index (χ0) is 18.4. The SMILES string of the molecule is COCCNc1nc(SC)nc2c1cnn2CCNC(=O)c1cccs1. The van der Waals surface area contributed by atoms with Crippen LogP contribution in [0.2, 0.25) is 0 Å². The van der Waals surface area contributed by atoms with Crippen LogP contribution in [-0.2, 0) is 11.3 Å². The summed E-state index contributed by atoms with van der Waals surface area (Å²) in [5.74, 6) is 0.670. The van der Waals surface area contributed by atoms with E-state index in [1.54, 1.807) is 24.1 Å². The minimum Gasteiger partial charge on any atom is -0.383 e. The molecule has 0 spiro atoms. The molecular weight excluding hydrogens is 372 g/mol. The predicted molar refractivity (Wildman–Crippen MR) is 104 cm³/mol. The molecule has 10 heteroatoms. The molecule has 138 valence electrons. The second-order valence-electron chi connectivity index (χ2n) is 5.32. The van der Waals surface area contributed by atoms with Crippen molar-refractivity contribution in [1.29, 1.82) is 0 Å². The van der Waals surface area contributed by atoms with E-state index in [1.807, 2.05) is 17.7 Å². The number of anilines is 1. The van der Waals surface area contributed by atoms with Crippen molar-refractivity contribution in [3.05, 3.63) is 28.6 Å². The van der Waals surface area contributed by atoms with Gasteiger partial charge in [0.25, 0.3) is 5.91 Å². The number of nitrogens with zero attached hydrogens (tertiary/aromatic N) is 4. The van der Waals surface area contributed by atoms with E-state index in [9.17, 15) is 4.79 Å². The molecule has 3 aromatic heterocycles. The molecule has 0 saturated heterocycles. The maximum Gasteiger partial charge on any atom is 0.261 e. The van der Waals surface area contributed by atoms with E-state index >= 15 is 0 Å². The third kappa shape index (κ3) is 4.32. The van der Waals surface area contributed by atoms with Crippen molar-refractivity contribution in [1.82, 2.24) is 25.1 Å². The predicted octanol–water partition coefficient (Wildman–Crippen LogP) is 2.10. The number of amides is 1. The summed E-state index contributed by atoms with van der Waals surface area (Å²) in [6.07, 6.45) is 3.68. The van der Waals surface area contributed by atoms with Crippen LogP contribution >= 0.6 is 23.1 Å². The molecule has 0 unspecified atom stereocenters. The Morgan fingerprint density at radius 1 is 1.38 bits per heavy atom. The molecule has 1 amide bonds. The number of hydrogen-bond donors (Lipinski definition) is 2. The highest BCUT2D eigenvalue weighted by atomic mass is 32.2. The molecule has 0 saturated carbocycles. The average Bonchev–Trinajstić information content (AvgIpc) is 3.32. The first kappa shape index (κ1) is 18.6. The lowest BCUT2D eigenvalue weighted by Gasteiger charge is -2.09. The summed E-state index contributed by atoms with van der Waals surface area (Å²) in [5.41, 5.74) is 0.745. The monoisotopic (exact) mass is 392 g/mol. The number of thiophene rings is 1. The smallest absolute Gasteiger partial charge is 0.261 e. The summed E-state index contributed by atoms with van der Waals surface area (Å²) >= 11 is 2.89. The zero-order valence-corrected chi connectivity index (χ0v) is 16.2. The van der Waals surface area contributed by atoms with E-state index in [0.29, 0.717) is 36.3 Å². The number of hydrogen-bond acceptors (Lipinski definition) is 8. The number of carbonyl (C=O) groups is 1. The maximum absolute atomic E-state index is 12.0. The van der Waals surface area contributed by atoms with Gasteiger partial charge in [-0.05, 0) is 17.7 Å². The maximum atomic E-state index is 12.0. The van der Waals surface area contributed by atoms with E-state index in [4.69, 9.17) is 4.74 Å². The summed E-state index contributed by atoms with van der Waals surface area (Å²) in [6, 6.07) is 3.67. The zero-order valence-electron chi connectivity index (χ0n) is 14.6. The van der Waals surface area contributed by atoms with Gasteiger partial charge in [0, 0.05) is 20.2 Å². The molecular formula is C16H20N6O2S2. The molecule has 3 aromatic rings. The third-order valence-corrected chi connectivity index (χ3v) is 5.03. The largest absolute Gasteiger partial charge is 0.383 e. The quantitative estimate of drug-likeness (QED) is 0.327. The van der Waals surface area contributed by atoms with Gasteiger partial charge in [-0.1, -0.05) is 17.8 Å². The van der Waals surface area contributed by atoms with Crippen molar-refractivity contribution < 1.29 is 9.53 Å². The normalized spacial score (nSPS) is 11.0. The van der Waals surface area contributed by atoms with Gasteiger partial charge in [0.15, 0.2) is 10.8 Å². The van der Waals surface area contributed by atoms with Gasteiger partial charge in [-0.25, -0.2) is 14.6 Å². The fraction of sp³-hybridized carbons (Fsp3) is 0.375. The van der Waals surface area contributed by atoms with Crippen LogP contribution in [0.25, 0.3) is 11.0 Å². The Bertz CT molecular complexity index is 865. The number of thioether (sulfide) groups is 1. The summed E-state index contributed by atoms with van der Waals surface area (Å²) in [6.45, 7) is 2.24. The van der Waals surface area contributed by atoms with Crippen molar-refractivity contribution in [2.24, 2.45) is 0 Å². The van der Waals surface area contributed by atoms with Crippen LogP contribution < -0.4 is 10.6 Å². The highest BCUT2D eigenvalue weighted by Gasteiger charge is 2.13. The molecule has 0 atom stereocenters. The van der Waals surface area contributed by atoms with Crippen LogP contribution in [0.15, 0.2) is 28.9 Å². The van der Waals surface area contributed by atoms with E-state index < -0.39 is 0 Å². The lowest BCUT2D eigenvalue weighted by Crippen LogP contribution is -2.26. The Morgan fingerprint density at radius 3 is 3.00 bits per heavy atom. The molecule has 2 N–H and O–H groups in total. The van der Waals surface area contributed by atoms with E-state index in [-0.39, 0.29) is 5.91 Å². The van der Waals surface area contributed by atoms with Crippen LogP contribution in [0.5, 0.6) is 0 Å². The molecule has 3 rings (SSSR count). The van der Waals surface area contributed by atoms with Crippen molar-refractivity contribution in [3.63, 3.8) is 0 Å². The van der Waals surface area contributed by atoms with Crippen molar-refractivity contribution in [3.8, 4) is 0 Å². The molecule has 8 nitrogen and oxygen atoms in total. The number of fused-ring (bicyclic) bond motifs is 1. The van der Waals surface area contributed by atoms with Crippen LogP contribution in [0, 0.1) is 0 Å². The summed E-state index contributed by atoms with van der Waals surface area (Å²) in [4.78, 5) is 21.8.